The van der Waals surface area contributed by atoms with Crippen molar-refractivity contribution in [3.05, 3.63) is 93.7 Å². The zero-order chi connectivity index (χ0) is 50.7. The number of nitrogens with zero attached hydrogens (tertiary/aromatic N) is 6. The first-order valence-electron chi connectivity index (χ1n) is 23.9. The second-order valence-electron chi connectivity index (χ2n) is 21.0. The highest BCUT2D eigenvalue weighted by atomic mass is 35.5. The molecular weight excluding hydrogens is 930 g/mol. The number of hydrogen-bond acceptors (Lipinski definition) is 13. The Balaban J connectivity index is 0.856. The molecule has 4 amide bonds. The molecular formula is C52H66ClN9O7S. The molecule has 0 bridgehead atoms. The van der Waals surface area contributed by atoms with Crippen LogP contribution in [0.5, 0.6) is 5.75 Å². The van der Waals surface area contributed by atoms with Gasteiger partial charge in [0.15, 0.2) is 0 Å². The fourth-order valence-electron chi connectivity index (χ4n) is 10.5. The molecule has 4 heterocycles. The summed E-state index contributed by atoms with van der Waals surface area (Å²) >= 11 is 7.79. The Bertz CT molecular complexity index is 2550. The minimum Gasteiger partial charge on any atom is -0.489 e. The lowest BCUT2D eigenvalue weighted by atomic mass is 9.49. The number of halogens is 1. The molecule has 0 spiro atoms. The van der Waals surface area contributed by atoms with Gasteiger partial charge in [0.25, 0.3) is 5.91 Å². The molecule has 2 aromatic carbocycles. The number of pyridine rings is 1. The number of anilines is 1. The summed E-state index contributed by atoms with van der Waals surface area (Å²) in [4.78, 5) is 70.8. The lowest BCUT2D eigenvalue weighted by Crippen LogP contribution is -2.74. The maximum Gasteiger partial charge on any atom is 0.253 e. The Morgan fingerprint density at radius 2 is 1.69 bits per heavy atom. The molecule has 1 aliphatic carbocycles. The number of carbonyl (C=O) groups is 4. The Labute approximate surface area is 419 Å². The first-order valence-corrected chi connectivity index (χ1v) is 25.2. The van der Waals surface area contributed by atoms with E-state index in [1.54, 1.807) is 36.0 Å². The molecule has 18 heteroatoms. The molecule has 2 aromatic heterocycles. The SMILES string of the molecule is Cc1ncsc1-c1ccc([C@H](CO)NC(=O)[C@@H]2C[C@@H](O)CN2C(=O)[C@@H](NC(=O)CCCN2CCN(c3ccc(C(=O)NC4C(C)(C)C(Oc5ccc(C#N)c(Cl)c5)C4(C)C)cn3)CC2)C(C)(C)C)cc1. The van der Waals surface area contributed by atoms with Crippen molar-refractivity contribution in [1.82, 2.24) is 35.7 Å². The molecule has 2 aliphatic heterocycles. The van der Waals surface area contributed by atoms with Crippen LogP contribution in [0.2, 0.25) is 5.02 Å². The number of aromatic nitrogens is 2. The van der Waals surface area contributed by atoms with E-state index in [1.165, 1.54) is 16.2 Å². The second kappa shape index (κ2) is 21.4. The molecule has 4 aromatic rings. The normalized spacial score (nSPS) is 21.7. The number of nitriles is 1. The lowest BCUT2D eigenvalue weighted by Gasteiger charge is -2.63. The molecule has 70 heavy (non-hydrogen) atoms. The number of rotatable bonds is 16. The summed E-state index contributed by atoms with van der Waals surface area (Å²) in [7, 11) is 0. The van der Waals surface area contributed by atoms with Gasteiger partial charge < -0.3 is 40.7 Å². The molecule has 3 fully saturated rings. The van der Waals surface area contributed by atoms with E-state index in [2.05, 4.69) is 69.5 Å². The van der Waals surface area contributed by atoms with E-state index in [0.717, 1.165) is 48.1 Å². The van der Waals surface area contributed by atoms with E-state index in [-0.39, 0.29) is 50.0 Å². The van der Waals surface area contributed by atoms with E-state index in [0.29, 0.717) is 40.4 Å². The quantitative estimate of drug-likeness (QED) is 0.0889. The highest BCUT2D eigenvalue weighted by Gasteiger charge is 2.64. The Morgan fingerprint density at radius 1 is 0.986 bits per heavy atom. The number of hydrogen-bond donors (Lipinski definition) is 5. The zero-order valence-electron chi connectivity index (χ0n) is 41.3. The van der Waals surface area contributed by atoms with Crippen LogP contribution in [0.15, 0.2) is 66.3 Å². The molecule has 3 aliphatic rings. The molecule has 0 unspecified atom stereocenters. The van der Waals surface area contributed by atoms with Crippen molar-refractivity contribution in [1.29, 1.82) is 5.26 Å². The van der Waals surface area contributed by atoms with Crippen LogP contribution in [0, 0.1) is 34.5 Å². The molecule has 1 saturated carbocycles. The minimum absolute atomic E-state index is 0.0336. The van der Waals surface area contributed by atoms with E-state index in [4.69, 9.17) is 16.3 Å². The summed E-state index contributed by atoms with van der Waals surface area (Å²) in [6.07, 6.45) is 1.27. The lowest BCUT2D eigenvalue weighted by molar-refractivity contribution is -0.164. The summed E-state index contributed by atoms with van der Waals surface area (Å²) in [6.45, 7) is 19.0. The third kappa shape index (κ3) is 11.4. The first-order chi connectivity index (χ1) is 33.1. The number of benzene rings is 2. The largest absolute Gasteiger partial charge is 0.489 e. The Hall–Kier alpha value is -5.64. The fourth-order valence-corrected chi connectivity index (χ4v) is 11.5. The molecule has 16 nitrogen and oxygen atoms in total. The summed E-state index contributed by atoms with van der Waals surface area (Å²) in [5.74, 6) is -0.0801. The number of ether oxygens (including phenoxy) is 1. The van der Waals surface area contributed by atoms with Crippen LogP contribution < -0.4 is 25.6 Å². The van der Waals surface area contributed by atoms with E-state index >= 15 is 0 Å². The number of aliphatic hydroxyl groups excluding tert-OH is 2. The monoisotopic (exact) mass is 995 g/mol. The van der Waals surface area contributed by atoms with Crippen LogP contribution in [0.25, 0.3) is 10.4 Å². The van der Waals surface area contributed by atoms with Gasteiger partial charge in [-0.15, -0.1) is 11.3 Å². The van der Waals surface area contributed by atoms with Crippen molar-refractivity contribution >= 4 is 52.4 Å². The van der Waals surface area contributed by atoms with Crippen LogP contribution in [0.3, 0.4) is 0 Å². The van der Waals surface area contributed by atoms with Gasteiger partial charge in [-0.05, 0) is 60.7 Å². The second-order valence-corrected chi connectivity index (χ2v) is 22.3. The van der Waals surface area contributed by atoms with E-state index in [1.807, 2.05) is 58.0 Å². The number of aryl methyl sites for hydroxylation is 1. The topological polar surface area (TPSA) is 213 Å². The number of thiazole rings is 1. The molecule has 374 valence electrons. The summed E-state index contributed by atoms with van der Waals surface area (Å²) in [5, 5.41) is 39.6. The van der Waals surface area contributed by atoms with Gasteiger partial charge in [0.1, 0.15) is 35.8 Å². The highest BCUT2D eigenvalue weighted by Crippen LogP contribution is 2.55. The van der Waals surface area contributed by atoms with Crippen molar-refractivity contribution in [3.8, 4) is 22.3 Å². The number of β-amino-alcohol motifs (C(OH)–C–C–N with tert-alkyl or cyclic N) is 1. The van der Waals surface area contributed by atoms with Crippen molar-refractivity contribution in [2.45, 2.75) is 111 Å². The molecule has 7 rings (SSSR count). The maximum absolute atomic E-state index is 14.2. The molecule has 5 N–H and O–H groups in total. The fraction of sp³-hybridized carbons (Fsp3) is 0.519. The van der Waals surface area contributed by atoms with Crippen molar-refractivity contribution in [2.75, 3.05) is 50.8 Å². The minimum atomic E-state index is -0.986. The van der Waals surface area contributed by atoms with Crippen molar-refractivity contribution in [3.63, 3.8) is 0 Å². The van der Waals surface area contributed by atoms with Crippen LogP contribution in [0.4, 0.5) is 5.82 Å². The van der Waals surface area contributed by atoms with Gasteiger partial charge in [0.05, 0.1) is 51.0 Å². The smallest absolute Gasteiger partial charge is 0.253 e. The summed E-state index contributed by atoms with van der Waals surface area (Å²) in [6, 6.07) is 15.4. The van der Waals surface area contributed by atoms with Crippen LogP contribution in [-0.2, 0) is 14.4 Å². The van der Waals surface area contributed by atoms with E-state index in [9.17, 15) is 34.7 Å². The van der Waals surface area contributed by atoms with Crippen LogP contribution in [0.1, 0.15) is 101 Å². The maximum atomic E-state index is 14.2. The average Bonchev–Trinajstić information content (AvgIpc) is 3.95. The van der Waals surface area contributed by atoms with Gasteiger partial charge >= 0.3 is 0 Å². The highest BCUT2D eigenvalue weighted by molar-refractivity contribution is 7.13. The van der Waals surface area contributed by atoms with Gasteiger partial charge in [-0.3, -0.25) is 24.1 Å². The number of piperazine rings is 1. The number of likely N-dealkylation sites (tertiary alicyclic amines) is 1. The summed E-state index contributed by atoms with van der Waals surface area (Å²) in [5.41, 5.74) is 3.71. The van der Waals surface area contributed by atoms with Gasteiger partial charge in [-0.2, -0.15) is 5.26 Å². The van der Waals surface area contributed by atoms with Gasteiger partial charge in [-0.1, -0.05) is 84.3 Å². The molecule has 0 radical (unpaired) electrons. The van der Waals surface area contributed by atoms with E-state index < -0.39 is 52.3 Å². The molecule has 2 saturated heterocycles. The van der Waals surface area contributed by atoms with Crippen molar-refractivity contribution < 1.29 is 34.1 Å². The first kappa shape index (κ1) is 52.2. The average molecular weight is 997 g/mol. The van der Waals surface area contributed by atoms with Gasteiger partial charge in [-0.25, -0.2) is 9.97 Å². The Morgan fingerprint density at radius 3 is 2.27 bits per heavy atom. The Kier molecular flexibility index (Phi) is 15.9. The number of carbonyl (C=O) groups excluding carboxylic acids is 4. The van der Waals surface area contributed by atoms with Gasteiger partial charge in [0.2, 0.25) is 17.7 Å². The van der Waals surface area contributed by atoms with Crippen LogP contribution >= 0.6 is 22.9 Å². The number of nitrogens with one attached hydrogen (secondary N) is 3. The predicted octanol–water partition coefficient (Wildman–Crippen LogP) is 5.90. The zero-order valence-corrected chi connectivity index (χ0v) is 42.9. The third-order valence-electron chi connectivity index (χ3n) is 14.1. The van der Waals surface area contributed by atoms with Gasteiger partial charge in [0, 0.05) is 74.7 Å². The van der Waals surface area contributed by atoms with Crippen LogP contribution in [-0.4, -0.2) is 130 Å². The predicted molar refractivity (Wildman–Crippen MR) is 269 cm³/mol. The third-order valence-corrected chi connectivity index (χ3v) is 15.4. The number of amides is 4. The standard InChI is InChI=1S/C52H66ClN9O7S/c1-31-43(70-30-56-31)33-13-11-32(12-14-33)39(29-63)57-46(67)40-24-36(64)28-62(40)47(68)44(50(2,3)4)58-42(65)10-9-19-60-20-22-61(23-21-60)41-18-16-35(27-55-41)45(66)59-48-51(5,6)49(52(48,7)8)69-37-17-15-34(26-54)38(53)25-37/h11-18,25,27,30,36,39-40,44,48-49,63-64H,9-10,19-24,28-29H2,1-8H3,(H,57,67)(H,58,65)(H,59,66)/t36-,39+,40+,44-,48?,49?/m1/s1. The summed E-state index contributed by atoms with van der Waals surface area (Å²) < 4.78 is 6.37. The number of aliphatic hydroxyl groups is 2. The van der Waals surface area contributed by atoms with Crippen molar-refractivity contribution in [2.24, 2.45) is 16.2 Å². The molecule has 4 atom stereocenters.